The Morgan fingerprint density at radius 3 is 2.72 bits per heavy atom. The van der Waals surface area contributed by atoms with Crippen LogP contribution in [0.25, 0.3) is 16.6 Å². The summed E-state index contributed by atoms with van der Waals surface area (Å²) in [6.45, 7) is 4.75. The van der Waals surface area contributed by atoms with Gasteiger partial charge in [0.25, 0.3) is 0 Å². The second kappa shape index (κ2) is 9.27. The summed E-state index contributed by atoms with van der Waals surface area (Å²) in [5.74, 6) is 2.65. The first-order chi connectivity index (χ1) is 17.7. The van der Waals surface area contributed by atoms with Gasteiger partial charge in [0.05, 0.1) is 37.4 Å². The minimum atomic E-state index is 0.534. The van der Waals surface area contributed by atoms with Gasteiger partial charge in [-0.1, -0.05) is 0 Å². The molecule has 0 atom stereocenters. The summed E-state index contributed by atoms with van der Waals surface area (Å²) in [4.78, 5) is 19.9. The van der Waals surface area contributed by atoms with Gasteiger partial charge in [0.15, 0.2) is 5.65 Å². The lowest BCUT2D eigenvalue weighted by Gasteiger charge is -2.30. The van der Waals surface area contributed by atoms with E-state index in [2.05, 4.69) is 35.3 Å². The molecule has 5 aromatic rings. The maximum Gasteiger partial charge on any atom is 0.238 e. The van der Waals surface area contributed by atoms with E-state index in [4.69, 9.17) is 14.2 Å². The van der Waals surface area contributed by atoms with E-state index in [9.17, 15) is 0 Å². The van der Waals surface area contributed by atoms with Crippen LogP contribution in [0.2, 0.25) is 0 Å². The first kappa shape index (κ1) is 22.0. The number of fused-ring (bicyclic) bond motifs is 2. The van der Waals surface area contributed by atoms with Crippen molar-refractivity contribution in [3.63, 3.8) is 0 Å². The number of aromatic nitrogens is 6. The molecule has 0 amide bonds. The first-order valence-electron chi connectivity index (χ1n) is 11.5. The Morgan fingerprint density at radius 1 is 1.00 bits per heavy atom. The molecule has 6 rings (SSSR count). The van der Waals surface area contributed by atoms with Gasteiger partial charge in [-0.25, -0.2) is 24.5 Å². The van der Waals surface area contributed by atoms with Gasteiger partial charge in [-0.3, -0.25) is 0 Å². The van der Waals surface area contributed by atoms with E-state index in [1.807, 2.05) is 43.5 Å². The van der Waals surface area contributed by atoms with Crippen LogP contribution in [0.4, 0.5) is 17.2 Å². The van der Waals surface area contributed by atoms with E-state index < -0.39 is 0 Å². The van der Waals surface area contributed by atoms with E-state index in [-0.39, 0.29) is 0 Å². The highest BCUT2D eigenvalue weighted by molar-refractivity contribution is 6.02. The third-order valence-electron chi connectivity index (χ3n) is 6.06. The summed E-state index contributed by atoms with van der Waals surface area (Å²) in [6.07, 6.45) is 6.57. The van der Waals surface area contributed by atoms with Crippen LogP contribution < -0.4 is 19.7 Å². The minimum Gasteiger partial charge on any atom is -0.479 e. The number of benzene rings is 1. The van der Waals surface area contributed by atoms with Gasteiger partial charge in [0.2, 0.25) is 5.88 Å². The molecule has 0 spiro atoms. The molecule has 5 heterocycles. The SMILES string of the molecule is COc1ncc2ncnc(Nc3ccc(Oc4ccn5ncnc5c4)c(C)c3)c2c1N1CCOCC1. The molecule has 1 N–H and O–H groups in total. The number of morpholine rings is 1. The molecule has 0 unspecified atom stereocenters. The molecule has 0 aliphatic carbocycles. The zero-order chi connectivity index (χ0) is 24.5. The molecule has 1 aromatic carbocycles. The third kappa shape index (κ3) is 4.09. The molecular weight excluding hydrogens is 460 g/mol. The second-order valence-corrected chi connectivity index (χ2v) is 8.33. The topological polar surface area (TPSA) is 112 Å². The average Bonchev–Trinajstić information content (AvgIpc) is 3.38. The lowest BCUT2D eigenvalue weighted by molar-refractivity contribution is 0.122. The van der Waals surface area contributed by atoms with E-state index >= 15 is 0 Å². The second-order valence-electron chi connectivity index (χ2n) is 8.33. The van der Waals surface area contributed by atoms with Crippen molar-refractivity contribution in [2.75, 3.05) is 43.6 Å². The van der Waals surface area contributed by atoms with Crippen molar-refractivity contribution in [1.29, 1.82) is 0 Å². The van der Waals surface area contributed by atoms with Crippen LogP contribution in [0.15, 0.2) is 55.4 Å². The van der Waals surface area contributed by atoms with Gasteiger partial charge in [-0.05, 0) is 36.8 Å². The smallest absolute Gasteiger partial charge is 0.238 e. The molecule has 11 heteroatoms. The highest BCUT2D eigenvalue weighted by Gasteiger charge is 2.23. The maximum atomic E-state index is 6.11. The van der Waals surface area contributed by atoms with Crippen LogP contribution in [0, 0.1) is 6.92 Å². The summed E-state index contributed by atoms with van der Waals surface area (Å²) < 4.78 is 19.0. The monoisotopic (exact) mass is 484 g/mol. The van der Waals surface area contributed by atoms with Crippen LogP contribution in [0.1, 0.15) is 5.56 Å². The summed E-state index contributed by atoms with van der Waals surface area (Å²) in [5, 5.41) is 8.43. The number of hydrogen-bond acceptors (Lipinski definition) is 10. The van der Waals surface area contributed by atoms with Gasteiger partial charge < -0.3 is 24.4 Å². The van der Waals surface area contributed by atoms with E-state index in [1.54, 1.807) is 17.8 Å². The van der Waals surface area contributed by atoms with E-state index in [0.29, 0.717) is 30.7 Å². The Kier molecular flexibility index (Phi) is 5.66. The van der Waals surface area contributed by atoms with E-state index in [1.165, 1.54) is 12.7 Å². The number of ether oxygens (including phenoxy) is 3. The number of rotatable bonds is 6. The van der Waals surface area contributed by atoms with Crippen LogP contribution in [-0.2, 0) is 4.74 Å². The fourth-order valence-electron chi connectivity index (χ4n) is 4.31. The Labute approximate surface area is 206 Å². The third-order valence-corrected chi connectivity index (χ3v) is 6.06. The molecule has 11 nitrogen and oxygen atoms in total. The van der Waals surface area contributed by atoms with Crippen molar-refractivity contribution in [3.05, 3.63) is 60.9 Å². The van der Waals surface area contributed by atoms with Crippen molar-refractivity contribution in [2.45, 2.75) is 6.92 Å². The largest absolute Gasteiger partial charge is 0.479 e. The summed E-state index contributed by atoms with van der Waals surface area (Å²) in [5.41, 5.74) is 4.15. The van der Waals surface area contributed by atoms with Gasteiger partial charge in [0.1, 0.15) is 35.7 Å². The van der Waals surface area contributed by atoms with Gasteiger partial charge >= 0.3 is 0 Å². The highest BCUT2D eigenvalue weighted by Crippen LogP contribution is 2.39. The van der Waals surface area contributed by atoms with Crippen LogP contribution >= 0.6 is 0 Å². The number of methoxy groups -OCH3 is 1. The Balaban J connectivity index is 1.33. The molecule has 1 saturated heterocycles. The molecule has 36 heavy (non-hydrogen) atoms. The number of anilines is 3. The van der Waals surface area contributed by atoms with Gasteiger partial charge in [0, 0.05) is 31.0 Å². The molecule has 1 aliphatic rings. The lowest BCUT2D eigenvalue weighted by atomic mass is 10.1. The standard InChI is InChI=1S/C25H24N8O3/c1-16-11-17(3-4-20(16)36-18-5-6-33-21(12-18)28-15-30-33)31-24-22-19(27-14-29-24)13-26-25(34-2)23(22)32-7-9-35-10-8-32/h3-6,11-15H,7-10H2,1-2H3,(H,27,29,31). The Bertz CT molecular complexity index is 1550. The molecule has 1 aliphatic heterocycles. The molecule has 0 saturated carbocycles. The molecule has 182 valence electrons. The fourth-order valence-corrected chi connectivity index (χ4v) is 4.31. The lowest BCUT2D eigenvalue weighted by Crippen LogP contribution is -2.36. The maximum absolute atomic E-state index is 6.11. The summed E-state index contributed by atoms with van der Waals surface area (Å²) >= 11 is 0. The Hall–Kier alpha value is -4.51. The molecule has 4 aromatic heterocycles. The number of nitrogens with one attached hydrogen (secondary N) is 1. The first-order valence-corrected chi connectivity index (χ1v) is 11.5. The van der Waals surface area contributed by atoms with Crippen LogP contribution in [0.5, 0.6) is 17.4 Å². The quantitative estimate of drug-likeness (QED) is 0.382. The minimum absolute atomic E-state index is 0.534. The predicted octanol–water partition coefficient (Wildman–Crippen LogP) is 3.76. The normalized spacial score (nSPS) is 13.8. The molecular formula is C25H24N8O3. The molecule has 0 radical (unpaired) electrons. The number of nitrogens with zero attached hydrogens (tertiary/aromatic N) is 7. The average molecular weight is 485 g/mol. The van der Waals surface area contributed by atoms with Gasteiger partial charge in [-0.15, -0.1) is 0 Å². The van der Waals surface area contributed by atoms with Crippen LogP contribution in [-0.4, -0.2) is 63.0 Å². The summed E-state index contributed by atoms with van der Waals surface area (Å²) in [6, 6.07) is 9.61. The number of pyridine rings is 2. The zero-order valence-electron chi connectivity index (χ0n) is 19.9. The van der Waals surface area contributed by atoms with Crippen molar-refractivity contribution in [2.24, 2.45) is 0 Å². The zero-order valence-corrected chi connectivity index (χ0v) is 19.9. The Morgan fingerprint density at radius 2 is 1.89 bits per heavy atom. The molecule has 1 fully saturated rings. The van der Waals surface area contributed by atoms with Crippen molar-refractivity contribution in [1.82, 2.24) is 29.5 Å². The number of hydrogen-bond donors (Lipinski definition) is 1. The van der Waals surface area contributed by atoms with Crippen LogP contribution in [0.3, 0.4) is 0 Å². The van der Waals surface area contributed by atoms with Gasteiger partial charge in [-0.2, -0.15) is 5.10 Å². The highest BCUT2D eigenvalue weighted by atomic mass is 16.5. The van der Waals surface area contributed by atoms with Crippen molar-refractivity contribution >= 4 is 33.7 Å². The molecule has 0 bridgehead atoms. The van der Waals surface area contributed by atoms with E-state index in [0.717, 1.165) is 52.3 Å². The number of aryl methyl sites for hydroxylation is 1. The van der Waals surface area contributed by atoms with Crippen molar-refractivity contribution < 1.29 is 14.2 Å². The predicted molar refractivity (Wildman–Crippen MR) is 134 cm³/mol. The fraction of sp³-hybridized carbons (Fsp3) is 0.240. The van der Waals surface area contributed by atoms with Crippen molar-refractivity contribution in [3.8, 4) is 17.4 Å². The summed E-state index contributed by atoms with van der Waals surface area (Å²) in [7, 11) is 1.62.